The van der Waals surface area contributed by atoms with E-state index in [1.807, 2.05) is 25.4 Å². The van der Waals surface area contributed by atoms with Crippen LogP contribution >= 0.6 is 34.5 Å². The second kappa shape index (κ2) is 6.57. The van der Waals surface area contributed by atoms with Crippen molar-refractivity contribution < 1.29 is 4.74 Å². The van der Waals surface area contributed by atoms with Crippen molar-refractivity contribution in [2.24, 2.45) is 0 Å². The summed E-state index contributed by atoms with van der Waals surface area (Å²) in [7, 11) is 1.89. The van der Waals surface area contributed by atoms with E-state index < -0.39 is 0 Å². The molecule has 0 aliphatic heterocycles. The second-order valence-corrected chi connectivity index (χ2v) is 5.64. The van der Waals surface area contributed by atoms with Gasteiger partial charge in [0.1, 0.15) is 10.8 Å². The van der Waals surface area contributed by atoms with Crippen molar-refractivity contribution >= 4 is 34.5 Å². The summed E-state index contributed by atoms with van der Waals surface area (Å²) in [6, 6.07) is 3.51. The average Bonchev–Trinajstić information content (AvgIpc) is 2.81. The lowest BCUT2D eigenvalue weighted by Crippen LogP contribution is -2.04. The fraction of sp³-hybridized carbons (Fsp3) is 0.308. The molecule has 0 aliphatic rings. The van der Waals surface area contributed by atoms with Crippen LogP contribution in [0.4, 0.5) is 0 Å². The molecule has 19 heavy (non-hydrogen) atoms. The van der Waals surface area contributed by atoms with E-state index in [9.17, 15) is 0 Å². The summed E-state index contributed by atoms with van der Waals surface area (Å²) in [6.45, 7) is 3.20. The second-order valence-electron chi connectivity index (χ2n) is 3.85. The number of thiazole rings is 1. The van der Waals surface area contributed by atoms with Gasteiger partial charge in [-0.3, -0.25) is 0 Å². The molecule has 0 saturated carbocycles. The maximum Gasteiger partial charge on any atom is 0.147 e. The molecule has 1 N–H and O–H groups in total. The zero-order chi connectivity index (χ0) is 13.8. The van der Waals surface area contributed by atoms with E-state index in [4.69, 9.17) is 27.9 Å². The zero-order valence-corrected chi connectivity index (χ0v) is 13.0. The van der Waals surface area contributed by atoms with E-state index in [-0.39, 0.29) is 0 Å². The first-order valence-corrected chi connectivity index (χ1v) is 7.50. The van der Waals surface area contributed by atoms with E-state index in [0.29, 0.717) is 22.4 Å². The first kappa shape index (κ1) is 14.6. The SMILES string of the molecule is CCOc1c(Cl)cc(Cl)cc1-c1csc(CNC)n1. The standard InChI is InChI=1S/C13H14Cl2N2OS/c1-3-18-13-9(4-8(14)5-10(13)15)11-7-19-12(17-11)6-16-2/h4-5,7,16H,3,6H2,1-2H3. The molecule has 0 saturated heterocycles. The maximum absolute atomic E-state index is 6.19. The highest BCUT2D eigenvalue weighted by Gasteiger charge is 2.15. The molecule has 0 bridgehead atoms. The van der Waals surface area contributed by atoms with Crippen molar-refractivity contribution in [3.8, 4) is 17.0 Å². The number of nitrogens with zero attached hydrogens (tertiary/aromatic N) is 1. The Kier molecular flexibility index (Phi) is 5.05. The molecule has 0 fully saturated rings. The molecule has 0 radical (unpaired) electrons. The number of hydrogen-bond donors (Lipinski definition) is 1. The molecule has 1 aromatic carbocycles. The van der Waals surface area contributed by atoms with Gasteiger partial charge in [0.05, 0.1) is 17.3 Å². The van der Waals surface area contributed by atoms with Crippen molar-refractivity contribution in [2.45, 2.75) is 13.5 Å². The Hall–Kier alpha value is -0.810. The van der Waals surface area contributed by atoms with Gasteiger partial charge in [-0.25, -0.2) is 4.98 Å². The lowest BCUT2D eigenvalue weighted by molar-refractivity contribution is 0.342. The zero-order valence-electron chi connectivity index (χ0n) is 10.7. The summed E-state index contributed by atoms with van der Waals surface area (Å²) in [4.78, 5) is 4.55. The predicted octanol–water partition coefficient (Wildman–Crippen LogP) is 4.24. The van der Waals surface area contributed by atoms with E-state index in [2.05, 4.69) is 10.3 Å². The Morgan fingerprint density at radius 1 is 1.37 bits per heavy atom. The van der Waals surface area contributed by atoms with Gasteiger partial charge in [-0.2, -0.15) is 0 Å². The van der Waals surface area contributed by atoms with Crippen LogP contribution in [0.2, 0.25) is 10.0 Å². The number of aromatic nitrogens is 1. The van der Waals surface area contributed by atoms with Gasteiger partial charge in [0.2, 0.25) is 0 Å². The van der Waals surface area contributed by atoms with Crippen molar-refractivity contribution in [2.75, 3.05) is 13.7 Å². The van der Waals surface area contributed by atoms with E-state index >= 15 is 0 Å². The van der Waals surface area contributed by atoms with Crippen LogP contribution in [0.3, 0.4) is 0 Å². The van der Waals surface area contributed by atoms with Gasteiger partial charge in [-0.05, 0) is 26.1 Å². The van der Waals surface area contributed by atoms with Crippen LogP contribution in [0.5, 0.6) is 5.75 Å². The van der Waals surface area contributed by atoms with Crippen LogP contribution in [0.1, 0.15) is 11.9 Å². The Morgan fingerprint density at radius 2 is 2.16 bits per heavy atom. The molecule has 0 aliphatic carbocycles. The van der Waals surface area contributed by atoms with E-state index in [1.165, 1.54) is 0 Å². The monoisotopic (exact) mass is 316 g/mol. The minimum absolute atomic E-state index is 0.507. The van der Waals surface area contributed by atoms with Crippen LogP contribution in [-0.4, -0.2) is 18.6 Å². The van der Waals surface area contributed by atoms with Crippen LogP contribution in [0, 0.1) is 0 Å². The molecule has 102 valence electrons. The fourth-order valence-corrected chi connectivity index (χ4v) is 3.06. The summed E-state index contributed by atoms with van der Waals surface area (Å²) in [5.41, 5.74) is 1.67. The van der Waals surface area contributed by atoms with Gasteiger partial charge in [0, 0.05) is 22.5 Å². The largest absolute Gasteiger partial charge is 0.492 e. The molecule has 0 amide bonds. The molecule has 1 aromatic heterocycles. The third kappa shape index (κ3) is 3.39. The van der Waals surface area contributed by atoms with E-state index in [1.54, 1.807) is 17.4 Å². The van der Waals surface area contributed by atoms with Crippen molar-refractivity contribution in [1.29, 1.82) is 0 Å². The summed E-state index contributed by atoms with van der Waals surface area (Å²) in [5.74, 6) is 0.634. The minimum atomic E-state index is 0.507. The van der Waals surface area contributed by atoms with Crippen LogP contribution in [0.15, 0.2) is 17.5 Å². The minimum Gasteiger partial charge on any atom is -0.492 e. The topological polar surface area (TPSA) is 34.1 Å². The highest BCUT2D eigenvalue weighted by molar-refractivity contribution is 7.09. The Morgan fingerprint density at radius 3 is 2.84 bits per heavy atom. The number of benzene rings is 1. The average molecular weight is 317 g/mol. The third-order valence-electron chi connectivity index (χ3n) is 2.45. The number of halogens is 2. The van der Waals surface area contributed by atoms with Gasteiger partial charge in [0.15, 0.2) is 0 Å². The van der Waals surface area contributed by atoms with Crippen LogP contribution in [0.25, 0.3) is 11.3 Å². The summed E-state index contributed by atoms with van der Waals surface area (Å²) in [5, 5.41) is 7.15. The van der Waals surface area contributed by atoms with Gasteiger partial charge in [0.25, 0.3) is 0 Å². The number of nitrogens with one attached hydrogen (secondary N) is 1. The van der Waals surface area contributed by atoms with Gasteiger partial charge in [-0.15, -0.1) is 11.3 Å². The molecule has 2 rings (SSSR count). The predicted molar refractivity (Wildman–Crippen MR) is 81.5 cm³/mol. The summed E-state index contributed by atoms with van der Waals surface area (Å²) >= 11 is 13.8. The summed E-state index contributed by atoms with van der Waals surface area (Å²) in [6.07, 6.45) is 0. The molecule has 0 atom stereocenters. The molecular weight excluding hydrogens is 303 g/mol. The molecule has 1 heterocycles. The molecule has 3 nitrogen and oxygen atoms in total. The lowest BCUT2D eigenvalue weighted by Gasteiger charge is -2.11. The lowest BCUT2D eigenvalue weighted by atomic mass is 10.1. The van der Waals surface area contributed by atoms with Gasteiger partial charge < -0.3 is 10.1 Å². The quantitative estimate of drug-likeness (QED) is 0.896. The van der Waals surface area contributed by atoms with Gasteiger partial charge in [-0.1, -0.05) is 23.2 Å². The normalized spacial score (nSPS) is 10.7. The third-order valence-corrected chi connectivity index (χ3v) is 3.80. The molecule has 6 heteroatoms. The summed E-state index contributed by atoms with van der Waals surface area (Å²) < 4.78 is 5.60. The van der Waals surface area contributed by atoms with Crippen molar-refractivity contribution in [3.63, 3.8) is 0 Å². The Labute approximate surface area is 126 Å². The Bertz CT molecular complexity index is 572. The van der Waals surface area contributed by atoms with Gasteiger partial charge >= 0.3 is 0 Å². The maximum atomic E-state index is 6.19. The number of hydrogen-bond acceptors (Lipinski definition) is 4. The Balaban J connectivity index is 2.46. The highest BCUT2D eigenvalue weighted by Crippen LogP contribution is 2.39. The van der Waals surface area contributed by atoms with E-state index in [0.717, 1.165) is 22.8 Å². The van der Waals surface area contributed by atoms with Crippen molar-refractivity contribution in [1.82, 2.24) is 10.3 Å². The van der Waals surface area contributed by atoms with Crippen LogP contribution < -0.4 is 10.1 Å². The smallest absolute Gasteiger partial charge is 0.147 e. The first-order chi connectivity index (χ1) is 9.15. The molecule has 0 unspecified atom stereocenters. The highest BCUT2D eigenvalue weighted by atomic mass is 35.5. The fourth-order valence-electron chi connectivity index (χ4n) is 1.71. The van der Waals surface area contributed by atoms with Crippen molar-refractivity contribution in [3.05, 3.63) is 32.6 Å². The number of ether oxygens (including phenoxy) is 1. The molecule has 0 spiro atoms. The number of rotatable bonds is 5. The molecule has 2 aromatic rings. The first-order valence-electron chi connectivity index (χ1n) is 5.87. The van der Waals surface area contributed by atoms with Crippen LogP contribution in [-0.2, 0) is 6.54 Å². The molecular formula is C13H14Cl2N2OS.